The van der Waals surface area contributed by atoms with Crippen LogP contribution in [0.25, 0.3) is 0 Å². The van der Waals surface area contributed by atoms with Gasteiger partial charge in [0.15, 0.2) is 0 Å². The minimum Gasteiger partial charge on any atom is -0.299 e. The maximum Gasteiger partial charge on any atom is 0.0788 e. The fourth-order valence-corrected chi connectivity index (χ4v) is 3.91. The van der Waals surface area contributed by atoms with Gasteiger partial charge < -0.3 is 0 Å². The Morgan fingerprint density at radius 1 is 1.00 bits per heavy atom. The van der Waals surface area contributed by atoms with Gasteiger partial charge in [-0.25, -0.2) is 0 Å². The summed E-state index contributed by atoms with van der Waals surface area (Å²) in [5.41, 5.74) is 6.25. The van der Waals surface area contributed by atoms with Gasteiger partial charge in [0.25, 0.3) is 0 Å². The zero-order valence-corrected chi connectivity index (χ0v) is 14.7. The molecule has 2 aliphatic heterocycles. The summed E-state index contributed by atoms with van der Waals surface area (Å²) in [6.07, 6.45) is 7.70. The summed E-state index contributed by atoms with van der Waals surface area (Å²) in [5.74, 6) is 0. The SMILES string of the molecule is CC1c2cc(CN3CCc4nccnc4C3C)cnc2CCN1C. The average molecular weight is 323 g/mol. The number of rotatable bonds is 2. The zero-order valence-electron chi connectivity index (χ0n) is 14.7. The molecule has 0 aromatic carbocycles. The molecule has 4 heterocycles. The van der Waals surface area contributed by atoms with E-state index in [-0.39, 0.29) is 0 Å². The van der Waals surface area contributed by atoms with Crippen molar-refractivity contribution in [2.75, 3.05) is 20.1 Å². The molecule has 5 nitrogen and oxygen atoms in total. The minimum absolute atomic E-state index is 0.304. The number of hydrogen-bond donors (Lipinski definition) is 0. The Morgan fingerprint density at radius 2 is 1.79 bits per heavy atom. The van der Waals surface area contributed by atoms with Crippen LogP contribution in [0.2, 0.25) is 0 Å². The van der Waals surface area contributed by atoms with Crippen molar-refractivity contribution in [2.24, 2.45) is 0 Å². The molecule has 2 aromatic rings. The van der Waals surface area contributed by atoms with Crippen molar-refractivity contribution in [3.8, 4) is 0 Å². The highest BCUT2D eigenvalue weighted by Crippen LogP contribution is 2.30. The predicted molar refractivity (Wildman–Crippen MR) is 93.5 cm³/mol. The minimum atomic E-state index is 0.304. The maximum atomic E-state index is 4.76. The van der Waals surface area contributed by atoms with Gasteiger partial charge in [0.05, 0.1) is 17.4 Å². The summed E-state index contributed by atoms with van der Waals surface area (Å²) >= 11 is 0. The van der Waals surface area contributed by atoms with Crippen LogP contribution in [0.3, 0.4) is 0 Å². The summed E-state index contributed by atoms with van der Waals surface area (Å²) in [6.45, 7) is 7.56. The van der Waals surface area contributed by atoms with Crippen LogP contribution in [-0.2, 0) is 19.4 Å². The molecule has 0 saturated carbocycles. The average Bonchev–Trinajstić information content (AvgIpc) is 2.61. The van der Waals surface area contributed by atoms with Crippen LogP contribution in [0, 0.1) is 0 Å². The van der Waals surface area contributed by atoms with Crippen molar-refractivity contribution in [3.63, 3.8) is 0 Å². The number of fused-ring (bicyclic) bond motifs is 2. The molecule has 4 rings (SSSR count). The van der Waals surface area contributed by atoms with E-state index in [0.717, 1.165) is 43.9 Å². The molecular formula is C19H25N5. The Bertz CT molecular complexity index is 744. The molecule has 126 valence electrons. The summed E-state index contributed by atoms with van der Waals surface area (Å²) in [4.78, 5) is 18.7. The van der Waals surface area contributed by atoms with E-state index in [1.54, 1.807) is 12.4 Å². The van der Waals surface area contributed by atoms with Gasteiger partial charge in [-0.1, -0.05) is 0 Å². The van der Waals surface area contributed by atoms with Crippen LogP contribution in [0.1, 0.15) is 54.1 Å². The van der Waals surface area contributed by atoms with Crippen molar-refractivity contribution >= 4 is 0 Å². The van der Waals surface area contributed by atoms with Crippen molar-refractivity contribution in [2.45, 2.75) is 45.3 Å². The summed E-state index contributed by atoms with van der Waals surface area (Å²) < 4.78 is 0. The molecule has 2 atom stereocenters. The molecule has 0 spiro atoms. The highest BCUT2D eigenvalue weighted by molar-refractivity contribution is 5.30. The van der Waals surface area contributed by atoms with Gasteiger partial charge in [0, 0.05) is 62.8 Å². The first-order valence-corrected chi connectivity index (χ1v) is 8.85. The Hall–Kier alpha value is -1.85. The Labute approximate surface area is 143 Å². The normalized spacial score (nSPS) is 24.5. The molecule has 0 radical (unpaired) electrons. The first kappa shape index (κ1) is 15.7. The van der Waals surface area contributed by atoms with Crippen molar-refractivity contribution in [1.82, 2.24) is 24.8 Å². The molecule has 0 amide bonds. The first-order chi connectivity index (χ1) is 11.6. The topological polar surface area (TPSA) is 45.2 Å². The third-order valence-corrected chi connectivity index (χ3v) is 5.64. The lowest BCUT2D eigenvalue weighted by atomic mass is 9.96. The van der Waals surface area contributed by atoms with Crippen LogP contribution >= 0.6 is 0 Å². The highest BCUT2D eigenvalue weighted by atomic mass is 15.2. The van der Waals surface area contributed by atoms with E-state index < -0.39 is 0 Å². The van der Waals surface area contributed by atoms with Gasteiger partial charge in [-0.2, -0.15) is 0 Å². The van der Waals surface area contributed by atoms with Crippen LogP contribution in [0.15, 0.2) is 24.7 Å². The molecule has 0 aliphatic carbocycles. The summed E-state index contributed by atoms with van der Waals surface area (Å²) in [7, 11) is 2.20. The second-order valence-electron chi connectivity index (χ2n) is 7.07. The molecule has 24 heavy (non-hydrogen) atoms. The largest absolute Gasteiger partial charge is 0.299 e. The number of likely N-dealkylation sites (N-methyl/N-ethyl adjacent to an activating group) is 1. The van der Waals surface area contributed by atoms with Gasteiger partial charge in [-0.05, 0) is 38.1 Å². The Kier molecular flexibility index (Phi) is 4.06. The lowest BCUT2D eigenvalue weighted by Gasteiger charge is -2.34. The second kappa shape index (κ2) is 6.22. The monoisotopic (exact) mass is 323 g/mol. The maximum absolute atomic E-state index is 4.76. The van der Waals surface area contributed by atoms with Crippen molar-refractivity contribution in [3.05, 3.63) is 52.9 Å². The van der Waals surface area contributed by atoms with Crippen LogP contribution < -0.4 is 0 Å². The van der Waals surface area contributed by atoms with Crippen LogP contribution in [0.4, 0.5) is 0 Å². The van der Waals surface area contributed by atoms with E-state index in [1.165, 1.54) is 16.8 Å². The third-order valence-electron chi connectivity index (χ3n) is 5.64. The smallest absolute Gasteiger partial charge is 0.0788 e. The van der Waals surface area contributed by atoms with Gasteiger partial charge in [-0.3, -0.25) is 24.8 Å². The predicted octanol–water partition coefficient (Wildman–Crippen LogP) is 2.54. The quantitative estimate of drug-likeness (QED) is 0.850. The third kappa shape index (κ3) is 2.72. The lowest BCUT2D eigenvalue weighted by Crippen LogP contribution is -2.35. The number of nitrogens with zero attached hydrogens (tertiary/aromatic N) is 5. The lowest BCUT2D eigenvalue weighted by molar-refractivity contribution is 0.182. The molecule has 0 N–H and O–H groups in total. The van der Waals surface area contributed by atoms with Gasteiger partial charge >= 0.3 is 0 Å². The van der Waals surface area contributed by atoms with E-state index >= 15 is 0 Å². The Balaban J connectivity index is 1.56. The van der Waals surface area contributed by atoms with Crippen LogP contribution in [0.5, 0.6) is 0 Å². The van der Waals surface area contributed by atoms with E-state index in [9.17, 15) is 0 Å². The van der Waals surface area contributed by atoms with E-state index in [1.807, 2.05) is 0 Å². The molecule has 2 aromatic heterocycles. The van der Waals surface area contributed by atoms with Gasteiger partial charge in [0.2, 0.25) is 0 Å². The fraction of sp³-hybridized carbons (Fsp3) is 0.526. The van der Waals surface area contributed by atoms with Crippen molar-refractivity contribution < 1.29 is 0 Å². The van der Waals surface area contributed by atoms with Gasteiger partial charge in [0.1, 0.15) is 0 Å². The molecular weight excluding hydrogens is 298 g/mol. The Morgan fingerprint density at radius 3 is 2.67 bits per heavy atom. The molecule has 2 aliphatic rings. The number of aromatic nitrogens is 3. The highest BCUT2D eigenvalue weighted by Gasteiger charge is 2.27. The molecule has 0 saturated heterocycles. The molecule has 0 fully saturated rings. The molecule has 2 unspecified atom stereocenters. The standard InChI is InChI=1S/C19H25N5/c1-13-16-10-15(11-22-17(16)4-8-23(13)3)12-24-9-5-18-19(14(24)2)21-7-6-20-18/h6-7,10-11,13-14H,4-5,8-9,12H2,1-3H3. The van der Waals surface area contributed by atoms with Crippen molar-refractivity contribution in [1.29, 1.82) is 0 Å². The second-order valence-corrected chi connectivity index (χ2v) is 7.07. The van der Waals surface area contributed by atoms with E-state index in [0.29, 0.717) is 12.1 Å². The zero-order chi connectivity index (χ0) is 16.7. The fourth-order valence-electron chi connectivity index (χ4n) is 3.91. The molecule has 5 heteroatoms. The number of hydrogen-bond acceptors (Lipinski definition) is 5. The summed E-state index contributed by atoms with van der Waals surface area (Å²) in [5, 5.41) is 0. The van der Waals surface area contributed by atoms with E-state index in [4.69, 9.17) is 4.98 Å². The first-order valence-electron chi connectivity index (χ1n) is 8.85. The number of pyridine rings is 1. The van der Waals surface area contributed by atoms with E-state index in [2.05, 4.69) is 52.9 Å². The van der Waals surface area contributed by atoms with Gasteiger partial charge in [-0.15, -0.1) is 0 Å². The molecule has 0 bridgehead atoms. The summed E-state index contributed by atoms with van der Waals surface area (Å²) in [6, 6.07) is 3.12. The van der Waals surface area contributed by atoms with Crippen LogP contribution in [-0.4, -0.2) is 44.9 Å².